The van der Waals surface area contributed by atoms with Crippen LogP contribution in [0.3, 0.4) is 0 Å². The first kappa shape index (κ1) is 22.9. The van der Waals surface area contributed by atoms with Crippen LogP contribution in [0.5, 0.6) is 0 Å². The van der Waals surface area contributed by atoms with E-state index in [0.29, 0.717) is 30.3 Å². The third kappa shape index (κ3) is 5.96. The summed E-state index contributed by atoms with van der Waals surface area (Å²) in [4.78, 5) is 35.4. The SMILES string of the molecule is COCc1ccc(C(=O)N2CCC(CCCCNC(=O)c3ccc4nccn4c3)CC2)nc1. The van der Waals surface area contributed by atoms with Crippen LogP contribution in [0.1, 0.15) is 58.5 Å². The third-order valence-corrected chi connectivity index (χ3v) is 6.23. The van der Waals surface area contributed by atoms with Gasteiger partial charge >= 0.3 is 0 Å². The normalized spacial score (nSPS) is 14.5. The lowest BCUT2D eigenvalue weighted by Crippen LogP contribution is -2.38. The second-order valence-electron chi connectivity index (χ2n) is 8.58. The van der Waals surface area contributed by atoms with Gasteiger partial charge in [-0.1, -0.05) is 18.9 Å². The minimum atomic E-state index is -0.0544. The predicted octanol–water partition coefficient (Wildman–Crippen LogP) is 3.33. The molecular formula is C25H31N5O3. The Morgan fingerprint density at radius 3 is 2.73 bits per heavy atom. The van der Waals surface area contributed by atoms with Gasteiger partial charge in [-0.05, 0) is 48.9 Å². The van der Waals surface area contributed by atoms with Gasteiger partial charge in [0.15, 0.2) is 0 Å². The second-order valence-corrected chi connectivity index (χ2v) is 8.58. The minimum absolute atomic E-state index is 0.00834. The Balaban J connectivity index is 1.12. The highest BCUT2D eigenvalue weighted by Gasteiger charge is 2.24. The zero-order valence-electron chi connectivity index (χ0n) is 19.1. The van der Waals surface area contributed by atoms with Gasteiger partial charge < -0.3 is 19.4 Å². The number of hydrogen-bond acceptors (Lipinski definition) is 5. The molecule has 4 rings (SSSR count). The summed E-state index contributed by atoms with van der Waals surface area (Å²) in [6.07, 6.45) is 12.2. The molecule has 0 saturated carbocycles. The van der Waals surface area contributed by atoms with E-state index in [1.54, 1.807) is 37.8 Å². The van der Waals surface area contributed by atoms with Crippen LogP contribution < -0.4 is 5.32 Å². The molecule has 4 heterocycles. The summed E-state index contributed by atoms with van der Waals surface area (Å²) < 4.78 is 6.93. The molecule has 0 aromatic carbocycles. The summed E-state index contributed by atoms with van der Waals surface area (Å²) in [5, 5.41) is 3.01. The molecule has 174 valence electrons. The average Bonchev–Trinajstić information content (AvgIpc) is 3.32. The summed E-state index contributed by atoms with van der Waals surface area (Å²) in [6, 6.07) is 7.32. The number of imidazole rings is 1. The maximum Gasteiger partial charge on any atom is 0.272 e. The van der Waals surface area contributed by atoms with E-state index in [1.165, 1.54) is 0 Å². The lowest BCUT2D eigenvalue weighted by atomic mass is 9.91. The molecule has 0 atom stereocenters. The Labute approximate surface area is 194 Å². The number of likely N-dealkylation sites (tertiary alicyclic amines) is 1. The molecule has 1 aliphatic rings. The number of aromatic nitrogens is 3. The molecule has 1 saturated heterocycles. The van der Waals surface area contributed by atoms with E-state index >= 15 is 0 Å². The van der Waals surface area contributed by atoms with Crippen molar-refractivity contribution in [2.24, 2.45) is 5.92 Å². The van der Waals surface area contributed by atoms with Crippen LogP contribution in [0.15, 0.2) is 49.1 Å². The van der Waals surface area contributed by atoms with Gasteiger partial charge in [0, 0.05) is 51.5 Å². The van der Waals surface area contributed by atoms with Crippen molar-refractivity contribution in [2.75, 3.05) is 26.7 Å². The standard InChI is InChI=1S/C25H31N5O3/c1-33-18-20-5-7-22(28-16-20)25(32)29-13-9-19(10-14-29)4-2-3-11-27-24(31)21-6-8-23-26-12-15-30(23)17-21/h5-8,12,15-17,19H,2-4,9-11,13-14,18H2,1H3,(H,27,31). The number of nitrogens with zero attached hydrogens (tertiary/aromatic N) is 4. The molecule has 33 heavy (non-hydrogen) atoms. The van der Waals surface area contributed by atoms with Gasteiger partial charge in [-0.25, -0.2) is 4.98 Å². The number of unbranched alkanes of at least 4 members (excludes halogenated alkanes) is 1. The van der Waals surface area contributed by atoms with Crippen molar-refractivity contribution >= 4 is 17.5 Å². The fraction of sp³-hybridized carbons (Fsp3) is 0.440. The molecule has 2 amide bonds. The minimum Gasteiger partial charge on any atom is -0.380 e. The Hall–Kier alpha value is -3.26. The van der Waals surface area contributed by atoms with Crippen molar-refractivity contribution in [1.29, 1.82) is 0 Å². The molecule has 0 bridgehead atoms. The Kier molecular flexibility index (Phi) is 7.67. The number of piperidine rings is 1. The number of pyridine rings is 2. The fourth-order valence-electron chi connectivity index (χ4n) is 4.31. The van der Waals surface area contributed by atoms with E-state index in [4.69, 9.17) is 4.74 Å². The highest BCUT2D eigenvalue weighted by Crippen LogP contribution is 2.23. The van der Waals surface area contributed by atoms with Crippen LogP contribution in [0.2, 0.25) is 0 Å². The maximum atomic E-state index is 12.7. The predicted molar refractivity (Wildman–Crippen MR) is 125 cm³/mol. The van der Waals surface area contributed by atoms with Crippen LogP contribution in [0.4, 0.5) is 0 Å². The average molecular weight is 450 g/mol. The van der Waals surface area contributed by atoms with Crippen molar-refractivity contribution in [3.8, 4) is 0 Å². The smallest absolute Gasteiger partial charge is 0.272 e. The fourth-order valence-corrected chi connectivity index (χ4v) is 4.31. The van der Waals surface area contributed by atoms with Crippen LogP contribution >= 0.6 is 0 Å². The largest absolute Gasteiger partial charge is 0.380 e. The maximum absolute atomic E-state index is 12.7. The monoisotopic (exact) mass is 449 g/mol. The van der Waals surface area contributed by atoms with Gasteiger partial charge in [0.1, 0.15) is 11.3 Å². The van der Waals surface area contributed by atoms with Crippen LogP contribution in [0.25, 0.3) is 5.65 Å². The number of hydrogen-bond donors (Lipinski definition) is 1. The molecular weight excluding hydrogens is 418 g/mol. The summed E-state index contributed by atoms with van der Waals surface area (Å²) in [5.41, 5.74) is 2.93. The second kappa shape index (κ2) is 11.0. The van der Waals surface area contributed by atoms with E-state index in [-0.39, 0.29) is 11.8 Å². The number of rotatable bonds is 9. The van der Waals surface area contributed by atoms with Crippen molar-refractivity contribution in [2.45, 2.75) is 38.7 Å². The zero-order chi connectivity index (χ0) is 23.0. The Bertz CT molecular complexity index is 1070. The molecule has 0 radical (unpaired) electrons. The quantitative estimate of drug-likeness (QED) is 0.506. The van der Waals surface area contributed by atoms with E-state index < -0.39 is 0 Å². The lowest BCUT2D eigenvalue weighted by molar-refractivity contribution is 0.0679. The molecule has 1 aliphatic heterocycles. The van der Waals surface area contributed by atoms with Crippen LogP contribution in [-0.2, 0) is 11.3 Å². The topological polar surface area (TPSA) is 88.8 Å². The molecule has 3 aromatic rings. The zero-order valence-corrected chi connectivity index (χ0v) is 19.1. The van der Waals surface area contributed by atoms with Gasteiger partial charge in [0.05, 0.1) is 12.2 Å². The number of amides is 2. The van der Waals surface area contributed by atoms with E-state index in [1.807, 2.05) is 27.6 Å². The van der Waals surface area contributed by atoms with E-state index in [9.17, 15) is 9.59 Å². The number of nitrogens with one attached hydrogen (secondary N) is 1. The highest BCUT2D eigenvalue weighted by atomic mass is 16.5. The van der Waals surface area contributed by atoms with Crippen LogP contribution in [0, 0.1) is 5.92 Å². The molecule has 8 nitrogen and oxygen atoms in total. The summed E-state index contributed by atoms with van der Waals surface area (Å²) in [5.74, 6) is 0.584. The van der Waals surface area contributed by atoms with Gasteiger partial charge in [-0.15, -0.1) is 0 Å². The molecule has 1 N–H and O–H groups in total. The molecule has 0 aliphatic carbocycles. The van der Waals surface area contributed by atoms with Crippen molar-refractivity contribution in [3.05, 3.63) is 65.9 Å². The molecule has 0 unspecified atom stereocenters. The molecule has 1 fully saturated rings. The molecule has 0 spiro atoms. The molecule has 3 aromatic heterocycles. The van der Waals surface area contributed by atoms with Gasteiger partial charge in [-0.3, -0.25) is 14.6 Å². The van der Waals surface area contributed by atoms with Crippen molar-refractivity contribution < 1.29 is 14.3 Å². The van der Waals surface area contributed by atoms with Crippen molar-refractivity contribution in [1.82, 2.24) is 24.6 Å². The lowest BCUT2D eigenvalue weighted by Gasteiger charge is -2.32. The first-order chi connectivity index (χ1) is 16.1. The first-order valence-corrected chi connectivity index (χ1v) is 11.6. The Morgan fingerprint density at radius 2 is 1.97 bits per heavy atom. The number of methoxy groups -OCH3 is 1. The van der Waals surface area contributed by atoms with Crippen LogP contribution in [-0.4, -0.2) is 57.8 Å². The Morgan fingerprint density at radius 1 is 1.12 bits per heavy atom. The molecule has 8 heteroatoms. The van der Waals surface area contributed by atoms with Gasteiger partial charge in [0.2, 0.25) is 0 Å². The van der Waals surface area contributed by atoms with E-state index in [2.05, 4.69) is 15.3 Å². The third-order valence-electron chi connectivity index (χ3n) is 6.23. The number of carbonyl (C=O) groups excluding carboxylic acids is 2. The summed E-state index contributed by atoms with van der Waals surface area (Å²) in [7, 11) is 1.64. The van der Waals surface area contributed by atoms with Gasteiger partial charge in [-0.2, -0.15) is 0 Å². The van der Waals surface area contributed by atoms with Crippen molar-refractivity contribution in [3.63, 3.8) is 0 Å². The number of carbonyl (C=O) groups is 2. The first-order valence-electron chi connectivity index (χ1n) is 11.6. The summed E-state index contributed by atoms with van der Waals surface area (Å²) >= 11 is 0. The highest BCUT2D eigenvalue weighted by molar-refractivity contribution is 5.94. The number of ether oxygens (including phenoxy) is 1. The van der Waals surface area contributed by atoms with E-state index in [0.717, 1.165) is 56.4 Å². The number of fused-ring (bicyclic) bond motifs is 1. The van der Waals surface area contributed by atoms with Gasteiger partial charge in [0.25, 0.3) is 11.8 Å². The summed E-state index contributed by atoms with van der Waals surface area (Å²) in [6.45, 7) is 2.72.